The molecule has 0 aromatic heterocycles. The van der Waals surface area contributed by atoms with Crippen molar-refractivity contribution in [1.29, 1.82) is 0 Å². The van der Waals surface area contributed by atoms with Gasteiger partial charge in [0.25, 0.3) is 0 Å². The molecule has 1 N–H and O–H groups in total. The summed E-state index contributed by atoms with van der Waals surface area (Å²) < 4.78 is 4.60. The summed E-state index contributed by atoms with van der Waals surface area (Å²) in [5.41, 5.74) is 0. The van der Waals surface area contributed by atoms with Gasteiger partial charge in [-0.05, 0) is 19.5 Å². The van der Waals surface area contributed by atoms with Crippen molar-refractivity contribution in [2.45, 2.75) is 25.8 Å². The first kappa shape index (κ1) is 11.5. The smallest absolute Gasteiger partial charge is 0.305 e. The number of rotatable bonds is 6. The molecule has 82 valence electrons. The highest BCUT2D eigenvalue weighted by Gasteiger charge is 2.22. The van der Waals surface area contributed by atoms with E-state index in [0.29, 0.717) is 12.5 Å². The van der Waals surface area contributed by atoms with Crippen LogP contribution in [0.4, 0.5) is 0 Å². The Hall–Kier alpha value is -0.610. The van der Waals surface area contributed by atoms with E-state index in [1.54, 1.807) is 0 Å². The topological polar surface area (TPSA) is 41.6 Å². The Kier molecular flexibility index (Phi) is 4.90. The first-order chi connectivity index (χ1) is 6.77. The molecule has 1 heterocycles. The molecule has 1 aliphatic rings. The first-order valence-electron chi connectivity index (χ1n) is 5.29. The predicted molar refractivity (Wildman–Crippen MR) is 55.2 cm³/mol. The molecule has 14 heavy (non-hydrogen) atoms. The zero-order valence-electron chi connectivity index (χ0n) is 9.08. The molecule has 0 aliphatic carbocycles. The second-order valence-electron chi connectivity index (χ2n) is 3.62. The molecule has 1 fully saturated rings. The van der Waals surface area contributed by atoms with Crippen LogP contribution in [0.5, 0.6) is 0 Å². The van der Waals surface area contributed by atoms with Crippen LogP contribution in [0.2, 0.25) is 0 Å². The van der Waals surface area contributed by atoms with E-state index < -0.39 is 0 Å². The van der Waals surface area contributed by atoms with Crippen molar-refractivity contribution in [1.82, 2.24) is 10.2 Å². The minimum Gasteiger partial charge on any atom is -0.469 e. The van der Waals surface area contributed by atoms with E-state index in [1.807, 2.05) is 0 Å². The van der Waals surface area contributed by atoms with Crippen LogP contribution >= 0.6 is 0 Å². The Morgan fingerprint density at radius 3 is 2.71 bits per heavy atom. The molecule has 0 aromatic rings. The van der Waals surface area contributed by atoms with Crippen molar-refractivity contribution < 1.29 is 9.53 Å². The van der Waals surface area contributed by atoms with E-state index >= 15 is 0 Å². The molecule has 0 radical (unpaired) electrons. The van der Waals surface area contributed by atoms with Crippen LogP contribution in [0.3, 0.4) is 0 Å². The summed E-state index contributed by atoms with van der Waals surface area (Å²) in [5, 5.41) is 3.25. The Bertz CT molecular complexity index is 181. The lowest BCUT2D eigenvalue weighted by molar-refractivity contribution is -0.140. The Morgan fingerprint density at radius 1 is 1.57 bits per heavy atom. The number of likely N-dealkylation sites (N-methyl/N-ethyl adjacent to an activating group) is 1. The van der Waals surface area contributed by atoms with Gasteiger partial charge in [-0.3, -0.25) is 9.69 Å². The van der Waals surface area contributed by atoms with E-state index in [1.165, 1.54) is 7.11 Å². The summed E-state index contributed by atoms with van der Waals surface area (Å²) in [6.45, 7) is 6.40. The van der Waals surface area contributed by atoms with Gasteiger partial charge >= 0.3 is 5.97 Å². The lowest BCUT2D eigenvalue weighted by Gasteiger charge is -2.37. The molecular weight excluding hydrogens is 180 g/mol. The number of carbonyl (C=O) groups is 1. The summed E-state index contributed by atoms with van der Waals surface area (Å²) >= 11 is 0. The number of ether oxygens (including phenoxy) is 1. The minimum absolute atomic E-state index is 0.104. The second-order valence-corrected chi connectivity index (χ2v) is 3.62. The molecule has 0 atom stereocenters. The highest BCUT2D eigenvalue weighted by molar-refractivity contribution is 5.69. The maximum Gasteiger partial charge on any atom is 0.305 e. The van der Waals surface area contributed by atoms with Crippen LogP contribution in [0.25, 0.3) is 0 Å². The van der Waals surface area contributed by atoms with Gasteiger partial charge in [0, 0.05) is 25.6 Å². The number of hydrogen-bond donors (Lipinski definition) is 1. The summed E-state index contributed by atoms with van der Waals surface area (Å²) in [4.78, 5) is 13.3. The number of hydrogen-bond acceptors (Lipinski definition) is 4. The zero-order chi connectivity index (χ0) is 10.4. The summed E-state index contributed by atoms with van der Waals surface area (Å²) in [5.74, 6) is -0.104. The fraction of sp³-hybridized carbons (Fsp3) is 0.900. The molecule has 1 rings (SSSR count). The van der Waals surface area contributed by atoms with Gasteiger partial charge in [0.15, 0.2) is 0 Å². The highest BCUT2D eigenvalue weighted by Crippen LogP contribution is 2.06. The molecule has 1 aliphatic heterocycles. The summed E-state index contributed by atoms with van der Waals surface area (Å²) in [6.07, 6.45) is 1.43. The fourth-order valence-corrected chi connectivity index (χ4v) is 1.66. The largest absolute Gasteiger partial charge is 0.469 e. The Balaban J connectivity index is 2.10. The van der Waals surface area contributed by atoms with Crippen molar-refractivity contribution in [2.75, 3.05) is 33.3 Å². The first-order valence-corrected chi connectivity index (χ1v) is 5.29. The lowest BCUT2D eigenvalue weighted by Crippen LogP contribution is -2.57. The Labute approximate surface area is 85.6 Å². The third kappa shape index (κ3) is 3.27. The van der Waals surface area contributed by atoms with E-state index in [9.17, 15) is 4.79 Å². The van der Waals surface area contributed by atoms with Gasteiger partial charge in [0.2, 0.25) is 0 Å². The number of nitrogens with zero attached hydrogens (tertiary/aromatic N) is 1. The Morgan fingerprint density at radius 2 is 2.29 bits per heavy atom. The van der Waals surface area contributed by atoms with Crippen LogP contribution in [0.15, 0.2) is 0 Å². The average molecular weight is 200 g/mol. The molecule has 4 nitrogen and oxygen atoms in total. The van der Waals surface area contributed by atoms with Crippen molar-refractivity contribution >= 4 is 5.97 Å². The van der Waals surface area contributed by atoms with Crippen LogP contribution in [0.1, 0.15) is 19.8 Å². The molecule has 0 spiro atoms. The van der Waals surface area contributed by atoms with E-state index in [2.05, 4.69) is 21.9 Å². The molecule has 0 amide bonds. The molecule has 0 saturated carbocycles. The molecule has 1 saturated heterocycles. The number of nitrogens with one attached hydrogen (secondary N) is 1. The van der Waals surface area contributed by atoms with Crippen molar-refractivity contribution in [2.24, 2.45) is 0 Å². The van der Waals surface area contributed by atoms with Crippen LogP contribution in [-0.2, 0) is 9.53 Å². The SMILES string of the molecule is CCN(CCCC(=O)OC)C1CNC1. The quantitative estimate of drug-likeness (QED) is 0.623. The summed E-state index contributed by atoms with van der Waals surface area (Å²) in [7, 11) is 1.44. The normalized spacial score (nSPS) is 16.8. The van der Waals surface area contributed by atoms with Crippen molar-refractivity contribution in [3.8, 4) is 0 Å². The summed E-state index contributed by atoms with van der Waals surface area (Å²) in [6, 6.07) is 0.678. The van der Waals surface area contributed by atoms with E-state index in [4.69, 9.17) is 0 Å². The zero-order valence-corrected chi connectivity index (χ0v) is 9.08. The second kappa shape index (κ2) is 5.98. The number of esters is 1. The van der Waals surface area contributed by atoms with Gasteiger partial charge < -0.3 is 10.1 Å². The van der Waals surface area contributed by atoms with Gasteiger partial charge in [-0.2, -0.15) is 0 Å². The monoisotopic (exact) mass is 200 g/mol. The third-order valence-electron chi connectivity index (χ3n) is 2.74. The molecule has 0 aromatic carbocycles. The van der Waals surface area contributed by atoms with Crippen LogP contribution < -0.4 is 5.32 Å². The van der Waals surface area contributed by atoms with Crippen LogP contribution in [-0.4, -0.2) is 50.2 Å². The maximum absolute atomic E-state index is 10.9. The molecule has 0 bridgehead atoms. The highest BCUT2D eigenvalue weighted by atomic mass is 16.5. The van der Waals surface area contributed by atoms with E-state index in [-0.39, 0.29) is 5.97 Å². The lowest BCUT2D eigenvalue weighted by atomic mass is 10.1. The standard InChI is InChI=1S/C10H20N2O2/c1-3-12(9-7-11-8-9)6-4-5-10(13)14-2/h9,11H,3-8H2,1-2H3. The van der Waals surface area contributed by atoms with Crippen molar-refractivity contribution in [3.05, 3.63) is 0 Å². The van der Waals surface area contributed by atoms with Crippen LogP contribution in [0, 0.1) is 0 Å². The third-order valence-corrected chi connectivity index (χ3v) is 2.74. The van der Waals surface area contributed by atoms with Gasteiger partial charge in [0.05, 0.1) is 7.11 Å². The van der Waals surface area contributed by atoms with Gasteiger partial charge in [-0.1, -0.05) is 6.92 Å². The van der Waals surface area contributed by atoms with Gasteiger partial charge in [0.1, 0.15) is 0 Å². The molecule has 0 unspecified atom stereocenters. The average Bonchev–Trinajstić information content (AvgIpc) is 2.13. The molecule has 4 heteroatoms. The maximum atomic E-state index is 10.9. The van der Waals surface area contributed by atoms with Crippen molar-refractivity contribution in [3.63, 3.8) is 0 Å². The van der Waals surface area contributed by atoms with Gasteiger partial charge in [-0.25, -0.2) is 0 Å². The van der Waals surface area contributed by atoms with Gasteiger partial charge in [-0.15, -0.1) is 0 Å². The van der Waals surface area contributed by atoms with E-state index in [0.717, 1.165) is 32.6 Å². The fourth-order valence-electron chi connectivity index (χ4n) is 1.66. The number of methoxy groups -OCH3 is 1. The molecular formula is C10H20N2O2. The number of carbonyl (C=O) groups excluding carboxylic acids is 1. The minimum atomic E-state index is -0.104. The predicted octanol–water partition coefficient (Wildman–Crippen LogP) is 0.233.